The van der Waals surface area contributed by atoms with E-state index >= 15 is 0 Å². The molecule has 0 aliphatic rings. The van der Waals surface area contributed by atoms with Gasteiger partial charge in [-0.05, 0) is 47.1 Å². The number of hydrogen-bond donors (Lipinski definition) is 1. The topological polar surface area (TPSA) is 59.4 Å². The molecular weight excluding hydrogens is 318 g/mol. The summed E-state index contributed by atoms with van der Waals surface area (Å²) in [5.41, 5.74) is 0.601. The third-order valence-electron chi connectivity index (χ3n) is 2.20. The number of halogens is 1. The Balaban J connectivity index is 2.16. The number of hydrogen-bond acceptors (Lipinski definition) is 4. The number of nitrogens with zero attached hydrogens (tertiary/aromatic N) is 1. The maximum Gasteiger partial charge on any atom is 0.358 e. The van der Waals surface area contributed by atoms with Crippen LogP contribution in [0.3, 0.4) is 0 Å². The number of carboxylic acids is 1. The molecule has 0 amide bonds. The summed E-state index contributed by atoms with van der Waals surface area (Å²) < 4.78 is 6.51. The number of thiophene rings is 1. The van der Waals surface area contributed by atoms with Gasteiger partial charge < -0.3 is 9.84 Å². The number of pyridine rings is 1. The molecule has 2 aromatic rings. The summed E-state index contributed by atoms with van der Waals surface area (Å²) in [5.74, 6) is -0.793. The van der Waals surface area contributed by atoms with Crippen molar-refractivity contribution in [1.29, 1.82) is 0 Å². The predicted molar refractivity (Wildman–Crippen MR) is 72.3 cm³/mol. The molecule has 0 aromatic carbocycles. The fraction of sp³-hybridized carbons (Fsp3) is 0.167. The zero-order valence-corrected chi connectivity index (χ0v) is 11.9. The molecule has 2 heterocycles. The molecule has 0 atom stereocenters. The Hall–Kier alpha value is -1.40. The molecule has 0 spiro atoms. The summed E-state index contributed by atoms with van der Waals surface area (Å²) in [6, 6.07) is 7.21. The number of rotatable bonds is 4. The maximum absolute atomic E-state index is 11.0. The Morgan fingerprint density at radius 2 is 2.22 bits per heavy atom. The predicted octanol–water partition coefficient (Wildman–Crippen LogP) is 3.49. The third kappa shape index (κ3) is 3.08. The quantitative estimate of drug-likeness (QED) is 0.933. The number of aromatic nitrogens is 1. The molecule has 0 radical (unpaired) electrons. The Kier molecular flexibility index (Phi) is 3.98. The molecule has 0 unspecified atom stereocenters. The van der Waals surface area contributed by atoms with Gasteiger partial charge in [0.25, 0.3) is 0 Å². The van der Waals surface area contributed by atoms with E-state index in [9.17, 15) is 4.79 Å². The van der Waals surface area contributed by atoms with Crippen LogP contribution in [0.15, 0.2) is 28.1 Å². The highest BCUT2D eigenvalue weighted by molar-refractivity contribution is 9.11. The SMILES string of the molecule is Cc1ccc(OCc2ccc(Br)s2)c(C(=O)O)n1. The van der Waals surface area contributed by atoms with Crippen molar-refractivity contribution >= 4 is 33.2 Å². The van der Waals surface area contributed by atoms with Crippen LogP contribution in [0.25, 0.3) is 0 Å². The Bertz CT molecular complexity index is 582. The van der Waals surface area contributed by atoms with Crippen molar-refractivity contribution in [3.05, 3.63) is 44.3 Å². The fourth-order valence-electron chi connectivity index (χ4n) is 1.39. The van der Waals surface area contributed by atoms with Crippen molar-refractivity contribution in [1.82, 2.24) is 4.98 Å². The van der Waals surface area contributed by atoms with E-state index in [1.165, 1.54) is 0 Å². The highest BCUT2D eigenvalue weighted by Gasteiger charge is 2.13. The van der Waals surface area contributed by atoms with Gasteiger partial charge in [-0.2, -0.15) is 0 Å². The first-order valence-corrected chi connectivity index (χ1v) is 6.75. The van der Waals surface area contributed by atoms with Crippen molar-refractivity contribution in [2.24, 2.45) is 0 Å². The van der Waals surface area contributed by atoms with Crippen LogP contribution in [0.5, 0.6) is 5.75 Å². The molecular formula is C12H10BrNO3S. The van der Waals surface area contributed by atoms with Gasteiger partial charge in [0.2, 0.25) is 0 Å². The zero-order valence-electron chi connectivity index (χ0n) is 9.51. The van der Waals surface area contributed by atoms with E-state index < -0.39 is 5.97 Å². The molecule has 0 saturated heterocycles. The smallest absolute Gasteiger partial charge is 0.358 e. The first-order chi connectivity index (χ1) is 8.56. The Morgan fingerprint density at radius 1 is 1.44 bits per heavy atom. The average Bonchev–Trinajstić information content (AvgIpc) is 2.73. The van der Waals surface area contributed by atoms with Crippen LogP contribution in [0.4, 0.5) is 0 Å². The van der Waals surface area contributed by atoms with Crippen molar-refractivity contribution in [3.63, 3.8) is 0 Å². The fourth-order valence-corrected chi connectivity index (χ4v) is 2.79. The van der Waals surface area contributed by atoms with Crippen molar-refractivity contribution in [2.45, 2.75) is 13.5 Å². The monoisotopic (exact) mass is 327 g/mol. The van der Waals surface area contributed by atoms with Crippen LogP contribution < -0.4 is 4.74 Å². The Morgan fingerprint density at radius 3 is 2.83 bits per heavy atom. The van der Waals surface area contributed by atoms with E-state index in [2.05, 4.69) is 20.9 Å². The minimum Gasteiger partial charge on any atom is -0.486 e. The van der Waals surface area contributed by atoms with Gasteiger partial charge in [-0.3, -0.25) is 0 Å². The van der Waals surface area contributed by atoms with Crippen molar-refractivity contribution in [3.8, 4) is 5.75 Å². The Labute approximate surface area is 116 Å². The average molecular weight is 328 g/mol. The lowest BCUT2D eigenvalue weighted by atomic mass is 10.3. The van der Waals surface area contributed by atoms with Gasteiger partial charge in [0.15, 0.2) is 11.4 Å². The first-order valence-electron chi connectivity index (χ1n) is 5.14. The minimum atomic E-state index is -1.08. The first kappa shape index (κ1) is 13.0. The van der Waals surface area contributed by atoms with E-state index in [-0.39, 0.29) is 11.4 Å². The van der Waals surface area contributed by atoms with E-state index in [4.69, 9.17) is 9.84 Å². The van der Waals surface area contributed by atoms with Gasteiger partial charge in [-0.25, -0.2) is 9.78 Å². The van der Waals surface area contributed by atoms with Gasteiger partial charge in [0.05, 0.1) is 3.79 Å². The van der Waals surface area contributed by atoms with Gasteiger partial charge in [-0.1, -0.05) is 0 Å². The molecule has 18 heavy (non-hydrogen) atoms. The summed E-state index contributed by atoms with van der Waals surface area (Å²) in [5, 5.41) is 9.04. The van der Waals surface area contributed by atoms with E-state index in [1.807, 2.05) is 12.1 Å². The number of carbonyl (C=O) groups is 1. The van der Waals surface area contributed by atoms with Crippen LogP contribution in [0.1, 0.15) is 21.1 Å². The lowest BCUT2D eigenvalue weighted by Gasteiger charge is -2.07. The van der Waals surface area contributed by atoms with Crippen LogP contribution in [0, 0.1) is 6.92 Å². The molecule has 0 saturated carbocycles. The molecule has 1 N–H and O–H groups in total. The van der Waals surface area contributed by atoms with E-state index in [0.29, 0.717) is 12.3 Å². The summed E-state index contributed by atoms with van der Waals surface area (Å²) in [6.45, 7) is 2.08. The van der Waals surface area contributed by atoms with Gasteiger partial charge in [-0.15, -0.1) is 11.3 Å². The molecule has 0 aliphatic carbocycles. The highest BCUT2D eigenvalue weighted by Crippen LogP contribution is 2.24. The van der Waals surface area contributed by atoms with E-state index in [0.717, 1.165) is 8.66 Å². The number of carboxylic acid groups (broad SMARTS) is 1. The lowest BCUT2D eigenvalue weighted by Crippen LogP contribution is -2.06. The van der Waals surface area contributed by atoms with Crippen LogP contribution in [0.2, 0.25) is 0 Å². The number of aromatic carboxylic acids is 1. The number of aryl methyl sites for hydroxylation is 1. The summed E-state index contributed by atoms with van der Waals surface area (Å²) in [7, 11) is 0. The third-order valence-corrected chi connectivity index (χ3v) is 3.80. The molecule has 0 bridgehead atoms. The van der Waals surface area contributed by atoms with Crippen LogP contribution >= 0.6 is 27.3 Å². The second kappa shape index (κ2) is 5.49. The number of ether oxygens (including phenoxy) is 1. The molecule has 2 aromatic heterocycles. The second-order valence-electron chi connectivity index (χ2n) is 3.60. The maximum atomic E-state index is 11.0. The van der Waals surface area contributed by atoms with Gasteiger partial charge in [0.1, 0.15) is 6.61 Å². The lowest BCUT2D eigenvalue weighted by molar-refractivity contribution is 0.0684. The van der Waals surface area contributed by atoms with E-state index in [1.54, 1.807) is 30.4 Å². The normalized spacial score (nSPS) is 10.3. The highest BCUT2D eigenvalue weighted by atomic mass is 79.9. The molecule has 6 heteroatoms. The summed E-state index contributed by atoms with van der Waals surface area (Å²) in [6.07, 6.45) is 0. The van der Waals surface area contributed by atoms with Gasteiger partial charge >= 0.3 is 5.97 Å². The standard InChI is InChI=1S/C12H10BrNO3S/c1-7-2-4-9(11(14-7)12(15)16)17-6-8-3-5-10(13)18-8/h2-5H,6H2,1H3,(H,15,16). The molecule has 2 rings (SSSR count). The molecule has 0 fully saturated rings. The second-order valence-corrected chi connectivity index (χ2v) is 6.15. The van der Waals surface area contributed by atoms with Crippen LogP contribution in [-0.4, -0.2) is 16.1 Å². The zero-order chi connectivity index (χ0) is 13.1. The molecule has 4 nitrogen and oxygen atoms in total. The summed E-state index contributed by atoms with van der Waals surface area (Å²) in [4.78, 5) is 16.0. The summed E-state index contributed by atoms with van der Waals surface area (Å²) >= 11 is 4.91. The largest absolute Gasteiger partial charge is 0.486 e. The molecule has 94 valence electrons. The van der Waals surface area contributed by atoms with Crippen molar-refractivity contribution in [2.75, 3.05) is 0 Å². The minimum absolute atomic E-state index is 0.0504. The van der Waals surface area contributed by atoms with Gasteiger partial charge in [0, 0.05) is 10.6 Å². The van der Waals surface area contributed by atoms with Crippen LogP contribution in [-0.2, 0) is 6.61 Å². The molecule has 0 aliphatic heterocycles. The van der Waals surface area contributed by atoms with Crippen molar-refractivity contribution < 1.29 is 14.6 Å².